The monoisotopic (exact) mass is 433 g/mol. The first-order chi connectivity index (χ1) is 15.6. The molecule has 5 rings (SSSR count). The topological polar surface area (TPSA) is 73.1 Å². The lowest BCUT2D eigenvalue weighted by atomic mass is 9.95. The van der Waals surface area contributed by atoms with Crippen molar-refractivity contribution in [3.05, 3.63) is 47.7 Å². The number of carbonyl (C=O) groups is 1. The number of amides is 1. The minimum Gasteiger partial charge on any atom is -0.474 e. The Hall–Kier alpha value is -2.96. The zero-order chi connectivity index (χ0) is 22.1. The van der Waals surface area contributed by atoms with Gasteiger partial charge in [0, 0.05) is 55.6 Å². The fourth-order valence-electron chi connectivity index (χ4n) is 5.28. The lowest BCUT2D eigenvalue weighted by molar-refractivity contribution is 0.0590. The lowest BCUT2D eigenvalue weighted by Gasteiger charge is -2.32. The zero-order valence-electron chi connectivity index (χ0n) is 19.0. The SMILES string of the molecule is Cc1c(C)n(C2CCCCC2)c2ncnc(OC3CCN(C(=O)c4ccncc4)CC3)c12. The van der Waals surface area contributed by atoms with Crippen molar-refractivity contribution in [1.29, 1.82) is 0 Å². The second-order valence-electron chi connectivity index (χ2n) is 9.09. The Balaban J connectivity index is 1.32. The van der Waals surface area contributed by atoms with E-state index in [-0.39, 0.29) is 12.0 Å². The molecule has 2 aliphatic rings. The van der Waals surface area contributed by atoms with E-state index in [4.69, 9.17) is 4.74 Å². The Morgan fingerprint density at radius 1 is 1.00 bits per heavy atom. The maximum atomic E-state index is 12.7. The largest absolute Gasteiger partial charge is 0.474 e. The van der Waals surface area contributed by atoms with Gasteiger partial charge in [0.05, 0.1) is 5.39 Å². The number of rotatable bonds is 4. The molecule has 7 heteroatoms. The first kappa shape index (κ1) is 20.9. The highest BCUT2D eigenvalue weighted by Crippen LogP contribution is 2.37. The number of aromatic nitrogens is 4. The average Bonchev–Trinajstić information content (AvgIpc) is 3.11. The Bertz CT molecular complexity index is 1100. The van der Waals surface area contributed by atoms with Gasteiger partial charge in [-0.2, -0.15) is 0 Å². The third-order valence-electron chi connectivity index (χ3n) is 7.17. The minimum atomic E-state index is 0.0485. The van der Waals surface area contributed by atoms with E-state index in [2.05, 4.69) is 33.4 Å². The number of pyridine rings is 1. The molecule has 0 atom stereocenters. The number of nitrogens with zero attached hydrogens (tertiary/aromatic N) is 5. The van der Waals surface area contributed by atoms with Crippen LogP contribution in [0.15, 0.2) is 30.9 Å². The predicted octanol–water partition coefficient (Wildman–Crippen LogP) is 4.63. The second kappa shape index (κ2) is 8.88. The number of carbonyl (C=O) groups excluding carboxylic acids is 1. The summed E-state index contributed by atoms with van der Waals surface area (Å²) in [5.74, 6) is 0.746. The van der Waals surface area contributed by atoms with Crippen molar-refractivity contribution < 1.29 is 9.53 Å². The standard InChI is InChI=1S/C25H31N5O2/c1-17-18(2)30(20-6-4-3-5-7-20)23-22(17)24(28-16-27-23)32-21-10-14-29(15-11-21)25(31)19-8-12-26-13-9-19/h8-9,12-13,16,20-21H,3-7,10-11,14-15H2,1-2H3. The summed E-state index contributed by atoms with van der Waals surface area (Å²) in [6.45, 7) is 5.71. The summed E-state index contributed by atoms with van der Waals surface area (Å²) in [7, 11) is 0. The third-order valence-corrected chi connectivity index (χ3v) is 7.17. The van der Waals surface area contributed by atoms with Gasteiger partial charge >= 0.3 is 0 Å². The van der Waals surface area contributed by atoms with Gasteiger partial charge in [0.2, 0.25) is 5.88 Å². The van der Waals surface area contributed by atoms with Crippen LogP contribution < -0.4 is 4.74 Å². The summed E-state index contributed by atoms with van der Waals surface area (Å²) in [4.78, 5) is 27.8. The number of likely N-dealkylation sites (tertiary alicyclic amines) is 1. The first-order valence-electron chi connectivity index (χ1n) is 11.8. The minimum absolute atomic E-state index is 0.0485. The Labute approximate surface area is 188 Å². The van der Waals surface area contributed by atoms with Gasteiger partial charge in [-0.25, -0.2) is 9.97 Å². The van der Waals surface area contributed by atoms with E-state index in [1.165, 1.54) is 43.4 Å². The van der Waals surface area contributed by atoms with Crippen LogP contribution in [0.5, 0.6) is 5.88 Å². The molecule has 1 amide bonds. The summed E-state index contributed by atoms with van der Waals surface area (Å²) in [6, 6.07) is 4.06. The molecule has 0 unspecified atom stereocenters. The number of hydrogen-bond donors (Lipinski definition) is 0. The van der Waals surface area contributed by atoms with Gasteiger partial charge in [0.25, 0.3) is 5.91 Å². The fourth-order valence-corrected chi connectivity index (χ4v) is 5.28. The molecule has 168 valence electrons. The molecule has 3 aromatic heterocycles. The highest BCUT2D eigenvalue weighted by molar-refractivity contribution is 5.94. The van der Waals surface area contributed by atoms with Crippen molar-refractivity contribution in [2.45, 2.75) is 70.9 Å². The Kier molecular flexibility index (Phi) is 5.81. The van der Waals surface area contributed by atoms with Crippen LogP contribution in [0.2, 0.25) is 0 Å². The maximum Gasteiger partial charge on any atom is 0.253 e. The molecular weight excluding hydrogens is 402 g/mol. The molecule has 4 heterocycles. The molecule has 0 bridgehead atoms. The zero-order valence-corrected chi connectivity index (χ0v) is 19.0. The van der Waals surface area contributed by atoms with Crippen LogP contribution in [0.1, 0.15) is 72.6 Å². The van der Waals surface area contributed by atoms with Crippen molar-refractivity contribution in [2.24, 2.45) is 0 Å². The van der Waals surface area contributed by atoms with Crippen molar-refractivity contribution in [1.82, 2.24) is 24.4 Å². The number of hydrogen-bond acceptors (Lipinski definition) is 5. The number of piperidine rings is 1. The summed E-state index contributed by atoms with van der Waals surface area (Å²) in [5.41, 5.74) is 4.18. The molecule has 3 aromatic rings. The van der Waals surface area contributed by atoms with Gasteiger partial charge < -0.3 is 14.2 Å². The van der Waals surface area contributed by atoms with Crippen LogP contribution >= 0.6 is 0 Å². The summed E-state index contributed by atoms with van der Waals surface area (Å²) < 4.78 is 8.85. The van der Waals surface area contributed by atoms with Crippen LogP contribution in [0.4, 0.5) is 0 Å². The van der Waals surface area contributed by atoms with E-state index in [0.29, 0.717) is 30.6 Å². The summed E-state index contributed by atoms with van der Waals surface area (Å²) in [5, 5.41) is 1.05. The Morgan fingerprint density at radius 2 is 1.72 bits per heavy atom. The van der Waals surface area contributed by atoms with E-state index >= 15 is 0 Å². The molecule has 1 saturated heterocycles. The van der Waals surface area contributed by atoms with Crippen LogP contribution in [-0.2, 0) is 0 Å². The number of aryl methyl sites for hydroxylation is 1. The van der Waals surface area contributed by atoms with Gasteiger partial charge in [-0.05, 0) is 44.4 Å². The van der Waals surface area contributed by atoms with E-state index < -0.39 is 0 Å². The van der Waals surface area contributed by atoms with Gasteiger partial charge in [-0.3, -0.25) is 9.78 Å². The Morgan fingerprint density at radius 3 is 2.44 bits per heavy atom. The highest BCUT2D eigenvalue weighted by Gasteiger charge is 2.28. The van der Waals surface area contributed by atoms with Gasteiger partial charge in [0.1, 0.15) is 18.1 Å². The molecule has 0 spiro atoms. The molecular formula is C25H31N5O2. The van der Waals surface area contributed by atoms with Crippen molar-refractivity contribution in [2.75, 3.05) is 13.1 Å². The molecule has 2 fully saturated rings. The van der Waals surface area contributed by atoms with E-state index in [9.17, 15) is 4.79 Å². The number of ether oxygens (including phenoxy) is 1. The van der Waals surface area contributed by atoms with E-state index in [1.807, 2.05) is 4.90 Å². The lowest BCUT2D eigenvalue weighted by Crippen LogP contribution is -2.41. The quantitative estimate of drug-likeness (QED) is 0.600. The van der Waals surface area contributed by atoms with Gasteiger partial charge in [-0.1, -0.05) is 19.3 Å². The smallest absolute Gasteiger partial charge is 0.253 e. The molecule has 32 heavy (non-hydrogen) atoms. The van der Waals surface area contributed by atoms with Gasteiger partial charge in [0.15, 0.2) is 0 Å². The molecule has 1 saturated carbocycles. The normalized spacial score (nSPS) is 18.2. The first-order valence-corrected chi connectivity index (χ1v) is 11.8. The molecule has 1 aliphatic heterocycles. The van der Waals surface area contributed by atoms with E-state index in [0.717, 1.165) is 23.9 Å². The molecule has 0 aromatic carbocycles. The van der Waals surface area contributed by atoms with Crippen LogP contribution in [0.25, 0.3) is 11.0 Å². The van der Waals surface area contributed by atoms with Crippen molar-refractivity contribution in [3.8, 4) is 5.88 Å². The average molecular weight is 434 g/mol. The van der Waals surface area contributed by atoms with Crippen molar-refractivity contribution in [3.63, 3.8) is 0 Å². The van der Waals surface area contributed by atoms with Crippen LogP contribution in [0.3, 0.4) is 0 Å². The molecule has 7 nitrogen and oxygen atoms in total. The molecule has 0 N–H and O–H groups in total. The molecule has 1 aliphatic carbocycles. The van der Waals surface area contributed by atoms with Crippen LogP contribution in [0, 0.1) is 13.8 Å². The maximum absolute atomic E-state index is 12.7. The fraction of sp³-hybridized carbons (Fsp3) is 0.520. The predicted molar refractivity (Wildman–Crippen MR) is 123 cm³/mol. The molecule has 0 radical (unpaired) electrons. The van der Waals surface area contributed by atoms with E-state index in [1.54, 1.807) is 30.9 Å². The summed E-state index contributed by atoms with van der Waals surface area (Å²) >= 11 is 0. The number of fused-ring (bicyclic) bond motifs is 1. The van der Waals surface area contributed by atoms with Crippen LogP contribution in [-0.4, -0.2) is 49.5 Å². The van der Waals surface area contributed by atoms with Crippen molar-refractivity contribution >= 4 is 16.9 Å². The highest BCUT2D eigenvalue weighted by atomic mass is 16.5. The van der Waals surface area contributed by atoms with Gasteiger partial charge in [-0.15, -0.1) is 0 Å². The summed E-state index contributed by atoms with van der Waals surface area (Å²) in [6.07, 6.45) is 12.9. The second-order valence-corrected chi connectivity index (χ2v) is 9.09. The third kappa shape index (κ3) is 3.85.